The molecule has 0 atom stereocenters. The van der Waals surface area contributed by atoms with E-state index in [1.165, 1.54) is 0 Å². The first kappa shape index (κ1) is 16.7. The number of nitrogens with two attached hydrogens (primary N) is 1. The Bertz CT molecular complexity index is 1060. The van der Waals surface area contributed by atoms with E-state index in [0.29, 0.717) is 30.0 Å². The van der Waals surface area contributed by atoms with Crippen LogP contribution in [0, 0.1) is 0 Å². The summed E-state index contributed by atoms with van der Waals surface area (Å²) in [5, 5.41) is 16.8. The number of nitrogen functional groups attached to an aromatic ring is 1. The molecule has 4 rings (SSSR count). The van der Waals surface area contributed by atoms with Gasteiger partial charge in [0.25, 0.3) is 0 Å². The van der Waals surface area contributed by atoms with Crippen molar-refractivity contribution in [3.05, 3.63) is 54.7 Å². The normalized spacial score (nSPS) is 10.9. The van der Waals surface area contributed by atoms with Crippen LogP contribution in [0.25, 0.3) is 22.8 Å². The van der Waals surface area contributed by atoms with Crippen LogP contribution in [0.5, 0.6) is 0 Å². The van der Waals surface area contributed by atoms with Crippen molar-refractivity contribution >= 4 is 11.6 Å². The summed E-state index contributed by atoms with van der Waals surface area (Å²) < 4.78 is 7.67. The van der Waals surface area contributed by atoms with E-state index in [1.807, 2.05) is 53.9 Å². The fraction of sp³-hybridized carbons (Fsp3) is 0.167. The molecule has 4 aromatic rings. The van der Waals surface area contributed by atoms with Crippen molar-refractivity contribution in [2.24, 2.45) is 7.05 Å². The monoisotopic (exact) mass is 362 g/mol. The molecule has 9 heteroatoms. The quantitative estimate of drug-likeness (QED) is 0.538. The predicted molar refractivity (Wildman–Crippen MR) is 100 cm³/mol. The van der Waals surface area contributed by atoms with Crippen molar-refractivity contribution in [2.75, 3.05) is 17.7 Å². The van der Waals surface area contributed by atoms with Crippen LogP contribution in [0.15, 0.2) is 53.2 Å². The minimum absolute atomic E-state index is 0.400. The molecule has 136 valence electrons. The minimum Gasteiger partial charge on any atom is -0.419 e. The summed E-state index contributed by atoms with van der Waals surface area (Å²) in [6, 6.07) is 11.1. The van der Waals surface area contributed by atoms with E-state index >= 15 is 0 Å². The maximum Gasteiger partial charge on any atom is 0.247 e. The van der Waals surface area contributed by atoms with Crippen LogP contribution in [-0.4, -0.2) is 37.0 Å². The molecule has 0 bridgehead atoms. The van der Waals surface area contributed by atoms with Crippen molar-refractivity contribution in [3.63, 3.8) is 0 Å². The van der Waals surface area contributed by atoms with Crippen LogP contribution >= 0.6 is 0 Å². The zero-order valence-electron chi connectivity index (χ0n) is 14.9. The standard InChI is InChI=1S/C18H18N8O/c1-25(18-24-22-16(26(18)2)12-6-8-20-9-7-12)11-15-21-23-17(27-15)13-4-3-5-14(19)10-13/h3-10H,11,19H2,1-2H3. The van der Waals surface area contributed by atoms with Gasteiger partial charge in [0.05, 0.1) is 6.54 Å². The molecule has 0 aliphatic carbocycles. The van der Waals surface area contributed by atoms with E-state index in [-0.39, 0.29) is 0 Å². The van der Waals surface area contributed by atoms with Crippen molar-refractivity contribution in [2.45, 2.75) is 6.54 Å². The van der Waals surface area contributed by atoms with Crippen molar-refractivity contribution in [3.8, 4) is 22.8 Å². The van der Waals surface area contributed by atoms with E-state index in [0.717, 1.165) is 17.0 Å². The molecule has 0 amide bonds. The van der Waals surface area contributed by atoms with Gasteiger partial charge in [-0.15, -0.1) is 20.4 Å². The van der Waals surface area contributed by atoms with Gasteiger partial charge >= 0.3 is 0 Å². The van der Waals surface area contributed by atoms with Gasteiger partial charge in [0.2, 0.25) is 17.7 Å². The topological polar surface area (TPSA) is 112 Å². The van der Waals surface area contributed by atoms with Gasteiger partial charge in [-0.3, -0.25) is 9.55 Å². The second-order valence-electron chi connectivity index (χ2n) is 6.10. The molecule has 0 unspecified atom stereocenters. The number of pyridine rings is 1. The van der Waals surface area contributed by atoms with E-state index in [9.17, 15) is 0 Å². The third-order valence-corrected chi connectivity index (χ3v) is 4.10. The summed E-state index contributed by atoms with van der Waals surface area (Å²) in [5.74, 6) is 2.35. The third kappa shape index (κ3) is 3.34. The Morgan fingerprint density at radius 1 is 1.04 bits per heavy atom. The summed E-state index contributed by atoms with van der Waals surface area (Å²) in [4.78, 5) is 5.92. The molecule has 3 aromatic heterocycles. The van der Waals surface area contributed by atoms with Gasteiger partial charge in [0.15, 0.2) is 5.82 Å². The molecule has 9 nitrogen and oxygen atoms in total. The summed E-state index contributed by atoms with van der Waals surface area (Å²) >= 11 is 0. The zero-order chi connectivity index (χ0) is 18.8. The van der Waals surface area contributed by atoms with Crippen LogP contribution in [0.4, 0.5) is 11.6 Å². The Kier molecular flexibility index (Phi) is 4.25. The van der Waals surface area contributed by atoms with Crippen molar-refractivity contribution in [1.29, 1.82) is 0 Å². The SMILES string of the molecule is CN(Cc1nnc(-c2cccc(N)c2)o1)c1nnc(-c2ccncc2)n1C. The van der Waals surface area contributed by atoms with Crippen molar-refractivity contribution in [1.82, 2.24) is 29.9 Å². The Morgan fingerprint density at radius 2 is 1.85 bits per heavy atom. The van der Waals surface area contributed by atoms with Gasteiger partial charge in [0, 0.05) is 43.3 Å². The van der Waals surface area contributed by atoms with Crippen LogP contribution in [-0.2, 0) is 13.6 Å². The number of hydrogen-bond donors (Lipinski definition) is 1. The van der Waals surface area contributed by atoms with Gasteiger partial charge < -0.3 is 15.1 Å². The average molecular weight is 362 g/mol. The van der Waals surface area contributed by atoms with E-state index in [2.05, 4.69) is 25.4 Å². The highest BCUT2D eigenvalue weighted by Crippen LogP contribution is 2.23. The van der Waals surface area contributed by atoms with Gasteiger partial charge in [-0.1, -0.05) is 6.07 Å². The van der Waals surface area contributed by atoms with E-state index < -0.39 is 0 Å². The third-order valence-electron chi connectivity index (χ3n) is 4.10. The molecule has 0 aliphatic rings. The minimum atomic E-state index is 0.400. The van der Waals surface area contributed by atoms with Gasteiger partial charge in [-0.2, -0.15) is 0 Å². The Balaban J connectivity index is 1.53. The number of hydrogen-bond acceptors (Lipinski definition) is 8. The van der Waals surface area contributed by atoms with Crippen LogP contribution in [0.3, 0.4) is 0 Å². The highest BCUT2D eigenvalue weighted by atomic mass is 16.4. The predicted octanol–water partition coefficient (Wildman–Crippen LogP) is 2.15. The molecule has 0 saturated heterocycles. The molecular formula is C18H18N8O. The fourth-order valence-electron chi connectivity index (χ4n) is 2.79. The maximum atomic E-state index is 5.81. The molecule has 0 saturated carbocycles. The largest absolute Gasteiger partial charge is 0.419 e. The first-order chi connectivity index (χ1) is 13.1. The Labute approximate surface area is 155 Å². The summed E-state index contributed by atoms with van der Waals surface area (Å²) in [5.41, 5.74) is 8.18. The molecular weight excluding hydrogens is 344 g/mol. The molecule has 0 aliphatic heterocycles. The highest BCUT2D eigenvalue weighted by molar-refractivity contribution is 5.59. The van der Waals surface area contributed by atoms with E-state index in [4.69, 9.17) is 10.2 Å². The fourth-order valence-corrected chi connectivity index (χ4v) is 2.79. The first-order valence-electron chi connectivity index (χ1n) is 8.31. The average Bonchev–Trinajstić information content (AvgIpc) is 3.29. The molecule has 27 heavy (non-hydrogen) atoms. The highest BCUT2D eigenvalue weighted by Gasteiger charge is 2.17. The number of nitrogens with zero attached hydrogens (tertiary/aromatic N) is 7. The van der Waals surface area contributed by atoms with Crippen LogP contribution < -0.4 is 10.6 Å². The lowest BCUT2D eigenvalue weighted by Crippen LogP contribution is -2.20. The van der Waals surface area contributed by atoms with E-state index in [1.54, 1.807) is 18.5 Å². The molecule has 0 fully saturated rings. The molecule has 0 spiro atoms. The molecule has 3 heterocycles. The van der Waals surface area contributed by atoms with Crippen molar-refractivity contribution < 1.29 is 4.42 Å². The lowest BCUT2D eigenvalue weighted by atomic mass is 10.2. The number of aromatic nitrogens is 6. The van der Waals surface area contributed by atoms with Gasteiger partial charge in [-0.05, 0) is 30.3 Å². The summed E-state index contributed by atoms with van der Waals surface area (Å²) in [7, 11) is 3.80. The van der Waals surface area contributed by atoms with Gasteiger partial charge in [-0.25, -0.2) is 0 Å². The second kappa shape index (κ2) is 6.87. The smallest absolute Gasteiger partial charge is 0.247 e. The Morgan fingerprint density at radius 3 is 2.63 bits per heavy atom. The molecule has 1 aromatic carbocycles. The second-order valence-corrected chi connectivity index (χ2v) is 6.10. The first-order valence-corrected chi connectivity index (χ1v) is 8.31. The van der Waals surface area contributed by atoms with Crippen LogP contribution in [0.2, 0.25) is 0 Å². The van der Waals surface area contributed by atoms with Gasteiger partial charge in [0.1, 0.15) is 0 Å². The number of anilines is 2. The number of rotatable bonds is 5. The zero-order valence-corrected chi connectivity index (χ0v) is 14.9. The lowest BCUT2D eigenvalue weighted by Gasteiger charge is -2.15. The molecule has 2 N–H and O–H groups in total. The van der Waals surface area contributed by atoms with Crippen LogP contribution in [0.1, 0.15) is 5.89 Å². The number of benzene rings is 1. The summed E-state index contributed by atoms with van der Waals surface area (Å²) in [6.07, 6.45) is 3.45. The lowest BCUT2D eigenvalue weighted by molar-refractivity contribution is 0.501. The molecule has 0 radical (unpaired) electrons. The summed E-state index contributed by atoms with van der Waals surface area (Å²) in [6.45, 7) is 0.400. The maximum absolute atomic E-state index is 5.81. The Hall–Kier alpha value is -3.75.